The van der Waals surface area contributed by atoms with Crippen molar-refractivity contribution in [2.24, 2.45) is 0 Å². The molecule has 0 spiro atoms. The van der Waals surface area contributed by atoms with Crippen molar-refractivity contribution in [2.45, 2.75) is 44.9 Å². The van der Waals surface area contributed by atoms with E-state index in [9.17, 15) is 9.59 Å². The van der Waals surface area contributed by atoms with Gasteiger partial charge in [-0.3, -0.25) is 9.59 Å². The normalized spacial score (nSPS) is 14.7. The minimum atomic E-state index is -0.765. The van der Waals surface area contributed by atoms with E-state index in [4.69, 9.17) is 5.11 Å². The number of hydrogen-bond donors (Lipinski definition) is 2. The van der Waals surface area contributed by atoms with Gasteiger partial charge in [-0.1, -0.05) is 26.0 Å². The standard InChI is InChI=1S/C15H19NO3/c1-15(2,8-7-14(18)19)11-4-5-12-10(9-11)3-6-13(17)16-12/h4-5,9H,3,6-8H2,1-2H3,(H,16,17)(H,18,19). The van der Waals surface area contributed by atoms with Crippen molar-refractivity contribution in [3.8, 4) is 0 Å². The number of carbonyl (C=O) groups excluding carboxylic acids is 1. The van der Waals surface area contributed by atoms with Gasteiger partial charge in [0.25, 0.3) is 0 Å². The number of benzene rings is 1. The van der Waals surface area contributed by atoms with Crippen LogP contribution >= 0.6 is 0 Å². The average molecular weight is 261 g/mol. The zero-order chi connectivity index (χ0) is 14.0. The van der Waals surface area contributed by atoms with E-state index >= 15 is 0 Å². The second kappa shape index (κ2) is 5.03. The first-order valence-corrected chi connectivity index (χ1v) is 6.53. The lowest BCUT2D eigenvalue weighted by molar-refractivity contribution is -0.137. The van der Waals surface area contributed by atoms with E-state index in [1.54, 1.807) is 0 Å². The van der Waals surface area contributed by atoms with Crippen LogP contribution in [0.1, 0.15) is 44.2 Å². The summed E-state index contributed by atoms with van der Waals surface area (Å²) in [5.41, 5.74) is 2.98. The van der Waals surface area contributed by atoms with Crippen molar-refractivity contribution < 1.29 is 14.7 Å². The number of nitrogens with one attached hydrogen (secondary N) is 1. The number of hydrogen-bond acceptors (Lipinski definition) is 2. The molecule has 0 unspecified atom stereocenters. The summed E-state index contributed by atoms with van der Waals surface area (Å²) < 4.78 is 0. The van der Waals surface area contributed by atoms with Crippen LogP contribution in [0.5, 0.6) is 0 Å². The van der Waals surface area contributed by atoms with Gasteiger partial charge in [0.15, 0.2) is 0 Å². The van der Waals surface area contributed by atoms with Gasteiger partial charge in [0.05, 0.1) is 0 Å². The van der Waals surface area contributed by atoms with Crippen LogP contribution in [0, 0.1) is 0 Å². The summed E-state index contributed by atoms with van der Waals surface area (Å²) in [6.07, 6.45) is 2.05. The van der Waals surface area contributed by atoms with E-state index in [1.807, 2.05) is 12.1 Å². The number of carbonyl (C=O) groups is 2. The SMILES string of the molecule is CC(C)(CCC(=O)O)c1ccc2c(c1)CCC(=O)N2. The predicted molar refractivity (Wildman–Crippen MR) is 73.3 cm³/mol. The van der Waals surface area contributed by atoms with Crippen LogP contribution in [0.15, 0.2) is 18.2 Å². The molecule has 0 aromatic heterocycles. The molecule has 2 rings (SSSR count). The number of carboxylic acid groups (broad SMARTS) is 1. The van der Waals surface area contributed by atoms with E-state index in [0.717, 1.165) is 23.2 Å². The van der Waals surface area contributed by atoms with Crippen LogP contribution in [0.25, 0.3) is 0 Å². The third kappa shape index (κ3) is 3.13. The van der Waals surface area contributed by atoms with Gasteiger partial charge < -0.3 is 10.4 Å². The highest BCUT2D eigenvalue weighted by molar-refractivity contribution is 5.93. The zero-order valence-electron chi connectivity index (χ0n) is 11.3. The lowest BCUT2D eigenvalue weighted by atomic mass is 9.79. The van der Waals surface area contributed by atoms with E-state index in [2.05, 4.69) is 25.2 Å². The van der Waals surface area contributed by atoms with Crippen LogP contribution < -0.4 is 5.32 Å². The first kappa shape index (κ1) is 13.6. The van der Waals surface area contributed by atoms with Crippen LogP contribution in [-0.4, -0.2) is 17.0 Å². The maximum absolute atomic E-state index is 11.3. The summed E-state index contributed by atoms with van der Waals surface area (Å²) in [5, 5.41) is 11.7. The minimum absolute atomic E-state index is 0.0605. The molecular weight excluding hydrogens is 242 g/mol. The first-order chi connectivity index (χ1) is 8.88. The van der Waals surface area contributed by atoms with E-state index in [0.29, 0.717) is 12.8 Å². The molecule has 1 aromatic carbocycles. The summed E-state index contributed by atoms with van der Waals surface area (Å²) in [7, 11) is 0. The lowest BCUT2D eigenvalue weighted by Crippen LogP contribution is -2.22. The molecule has 19 heavy (non-hydrogen) atoms. The Morgan fingerprint density at radius 1 is 1.37 bits per heavy atom. The summed E-state index contributed by atoms with van der Waals surface area (Å²) in [5.74, 6) is -0.705. The molecule has 0 saturated heterocycles. The minimum Gasteiger partial charge on any atom is -0.481 e. The highest BCUT2D eigenvalue weighted by Gasteiger charge is 2.24. The van der Waals surface area contributed by atoms with E-state index in [1.165, 1.54) is 0 Å². The van der Waals surface area contributed by atoms with E-state index in [-0.39, 0.29) is 17.7 Å². The molecule has 4 heteroatoms. The Balaban J connectivity index is 2.21. The Morgan fingerprint density at radius 3 is 2.79 bits per heavy atom. The quantitative estimate of drug-likeness (QED) is 0.875. The molecule has 0 fully saturated rings. The molecular formula is C15H19NO3. The molecule has 0 saturated carbocycles. The predicted octanol–water partition coefficient (Wildman–Crippen LogP) is 2.71. The molecule has 1 aromatic rings. The van der Waals surface area contributed by atoms with Gasteiger partial charge in [0, 0.05) is 18.5 Å². The molecule has 102 valence electrons. The molecule has 1 aliphatic rings. The van der Waals surface area contributed by atoms with Gasteiger partial charge in [-0.05, 0) is 35.4 Å². The fraction of sp³-hybridized carbons (Fsp3) is 0.467. The Hall–Kier alpha value is -1.84. The van der Waals surface area contributed by atoms with Crippen LogP contribution in [-0.2, 0) is 21.4 Å². The lowest BCUT2D eigenvalue weighted by Gasteiger charge is -2.27. The maximum atomic E-state index is 11.3. The van der Waals surface area contributed by atoms with Crippen LogP contribution in [0.4, 0.5) is 5.69 Å². The molecule has 1 aliphatic heterocycles. The highest BCUT2D eigenvalue weighted by Crippen LogP contribution is 2.32. The maximum Gasteiger partial charge on any atom is 0.303 e. The smallest absolute Gasteiger partial charge is 0.303 e. The summed E-state index contributed by atoms with van der Waals surface area (Å²) in [6.45, 7) is 4.11. The van der Waals surface area contributed by atoms with Gasteiger partial charge in [-0.15, -0.1) is 0 Å². The van der Waals surface area contributed by atoms with Crippen molar-refractivity contribution in [1.82, 2.24) is 0 Å². The van der Waals surface area contributed by atoms with Gasteiger partial charge in [0.1, 0.15) is 0 Å². The van der Waals surface area contributed by atoms with Crippen molar-refractivity contribution in [3.63, 3.8) is 0 Å². The van der Waals surface area contributed by atoms with Gasteiger partial charge in [-0.25, -0.2) is 0 Å². The number of amides is 1. The number of carboxylic acids is 1. The molecule has 0 aliphatic carbocycles. The monoisotopic (exact) mass is 261 g/mol. The second-order valence-corrected chi connectivity index (χ2v) is 5.70. The topological polar surface area (TPSA) is 66.4 Å². The van der Waals surface area contributed by atoms with Crippen LogP contribution in [0.2, 0.25) is 0 Å². The Bertz CT molecular complexity index is 520. The molecule has 4 nitrogen and oxygen atoms in total. The fourth-order valence-electron chi connectivity index (χ4n) is 2.37. The van der Waals surface area contributed by atoms with Crippen molar-refractivity contribution >= 4 is 17.6 Å². The molecule has 1 amide bonds. The van der Waals surface area contributed by atoms with Crippen molar-refractivity contribution in [1.29, 1.82) is 0 Å². The number of rotatable bonds is 4. The van der Waals surface area contributed by atoms with Crippen LogP contribution in [0.3, 0.4) is 0 Å². The molecule has 0 bridgehead atoms. The summed E-state index contributed by atoms with van der Waals surface area (Å²) in [6, 6.07) is 5.99. The molecule has 0 radical (unpaired) electrons. The van der Waals surface area contributed by atoms with Gasteiger partial charge >= 0.3 is 5.97 Å². The third-order valence-corrected chi connectivity index (χ3v) is 3.75. The third-order valence-electron chi connectivity index (χ3n) is 3.75. The Labute approximate surface area is 112 Å². The van der Waals surface area contributed by atoms with Gasteiger partial charge in [-0.2, -0.15) is 0 Å². The molecule has 1 heterocycles. The first-order valence-electron chi connectivity index (χ1n) is 6.53. The Kier molecular flexibility index (Phi) is 3.60. The van der Waals surface area contributed by atoms with Crippen molar-refractivity contribution in [3.05, 3.63) is 29.3 Å². The summed E-state index contributed by atoms with van der Waals surface area (Å²) >= 11 is 0. The fourth-order valence-corrected chi connectivity index (χ4v) is 2.37. The number of anilines is 1. The van der Waals surface area contributed by atoms with E-state index < -0.39 is 5.97 Å². The number of fused-ring (bicyclic) bond motifs is 1. The second-order valence-electron chi connectivity index (χ2n) is 5.70. The average Bonchev–Trinajstić information content (AvgIpc) is 2.36. The Morgan fingerprint density at radius 2 is 2.11 bits per heavy atom. The summed E-state index contributed by atoms with van der Waals surface area (Å²) in [4.78, 5) is 22.0. The number of aliphatic carboxylic acids is 1. The van der Waals surface area contributed by atoms with Gasteiger partial charge in [0.2, 0.25) is 5.91 Å². The number of aryl methyl sites for hydroxylation is 1. The van der Waals surface area contributed by atoms with Crippen molar-refractivity contribution in [2.75, 3.05) is 5.32 Å². The zero-order valence-corrected chi connectivity index (χ0v) is 11.3. The molecule has 2 N–H and O–H groups in total. The highest BCUT2D eigenvalue weighted by atomic mass is 16.4. The largest absolute Gasteiger partial charge is 0.481 e. The molecule has 0 atom stereocenters.